The number of nitrogens with zero attached hydrogens (tertiary/aromatic N) is 3. The summed E-state index contributed by atoms with van der Waals surface area (Å²) in [6, 6.07) is 12.6. The summed E-state index contributed by atoms with van der Waals surface area (Å²) in [5.74, 6) is 0.954. The van der Waals surface area contributed by atoms with Crippen LogP contribution in [-0.4, -0.2) is 23.5 Å². The number of rotatable bonds is 2. The van der Waals surface area contributed by atoms with Gasteiger partial charge in [-0.25, -0.2) is 4.98 Å². The fourth-order valence-corrected chi connectivity index (χ4v) is 2.70. The van der Waals surface area contributed by atoms with Crippen molar-refractivity contribution in [2.75, 3.05) is 19.0 Å². The fourth-order valence-electron chi connectivity index (χ4n) is 2.21. The smallest absolute Gasteiger partial charge is 0.145 e. The minimum absolute atomic E-state index is 0.874. The van der Waals surface area contributed by atoms with E-state index in [1.807, 2.05) is 14.1 Å². The summed E-state index contributed by atoms with van der Waals surface area (Å²) in [6.45, 7) is 2.09. The van der Waals surface area contributed by atoms with Crippen molar-refractivity contribution in [1.82, 2.24) is 9.38 Å². The predicted octanol–water partition coefficient (Wildman–Crippen LogP) is 4.14. The van der Waals surface area contributed by atoms with Gasteiger partial charge in [-0.3, -0.25) is 4.40 Å². The van der Waals surface area contributed by atoms with E-state index in [1.165, 1.54) is 5.56 Å². The number of fused-ring (bicyclic) bond motifs is 1. The van der Waals surface area contributed by atoms with Crippen LogP contribution in [0.15, 0.2) is 47.2 Å². The van der Waals surface area contributed by atoms with Crippen LogP contribution in [0.5, 0.6) is 0 Å². The summed E-state index contributed by atoms with van der Waals surface area (Å²) in [6.07, 6.45) is 2.11. The molecule has 0 unspecified atom stereocenters. The van der Waals surface area contributed by atoms with Crippen LogP contribution in [0.2, 0.25) is 0 Å². The molecule has 0 N–H and O–H groups in total. The molecule has 2 heterocycles. The molecule has 0 saturated carbocycles. The summed E-state index contributed by atoms with van der Waals surface area (Å²) in [4.78, 5) is 6.74. The van der Waals surface area contributed by atoms with Crippen LogP contribution in [0, 0.1) is 6.92 Å². The summed E-state index contributed by atoms with van der Waals surface area (Å²) in [5, 5.41) is 0. The normalized spacial score (nSPS) is 11.0. The second-order valence-electron chi connectivity index (χ2n) is 5.13. The van der Waals surface area contributed by atoms with Gasteiger partial charge in [0.2, 0.25) is 0 Å². The molecule has 0 spiro atoms. The minimum Gasteiger partial charge on any atom is -0.376 e. The maximum Gasteiger partial charge on any atom is 0.145 e. The first-order valence-corrected chi connectivity index (χ1v) is 7.27. The third-order valence-corrected chi connectivity index (χ3v) is 3.99. The molecule has 0 aliphatic carbocycles. The second-order valence-corrected chi connectivity index (χ2v) is 5.88. The summed E-state index contributed by atoms with van der Waals surface area (Å²) in [7, 11) is 4.08. The van der Waals surface area contributed by atoms with Crippen LogP contribution in [0.25, 0.3) is 16.9 Å². The number of imidazole rings is 1. The maximum atomic E-state index is 4.65. The van der Waals surface area contributed by atoms with Crippen LogP contribution in [-0.2, 0) is 0 Å². The van der Waals surface area contributed by atoms with E-state index in [2.05, 4.69) is 79.7 Å². The van der Waals surface area contributed by atoms with E-state index in [0.717, 1.165) is 27.2 Å². The van der Waals surface area contributed by atoms with Gasteiger partial charge in [0.1, 0.15) is 10.4 Å². The molecule has 0 saturated heterocycles. The molecular formula is C16H16BrN3. The van der Waals surface area contributed by atoms with E-state index in [0.29, 0.717) is 0 Å². The van der Waals surface area contributed by atoms with Gasteiger partial charge < -0.3 is 4.90 Å². The van der Waals surface area contributed by atoms with Gasteiger partial charge in [-0.05, 0) is 35.0 Å². The first-order chi connectivity index (χ1) is 9.56. The first-order valence-electron chi connectivity index (χ1n) is 6.48. The lowest BCUT2D eigenvalue weighted by molar-refractivity contribution is 1.08. The molecule has 0 bridgehead atoms. The average molecular weight is 330 g/mol. The first kappa shape index (κ1) is 13.2. The van der Waals surface area contributed by atoms with Crippen molar-refractivity contribution in [2.24, 2.45) is 0 Å². The van der Waals surface area contributed by atoms with E-state index < -0.39 is 0 Å². The minimum atomic E-state index is 0.874. The van der Waals surface area contributed by atoms with Gasteiger partial charge in [-0.15, -0.1) is 0 Å². The van der Waals surface area contributed by atoms with Crippen molar-refractivity contribution in [3.63, 3.8) is 0 Å². The molecule has 0 amide bonds. The molecule has 0 fully saturated rings. The molecule has 2 aromatic heterocycles. The van der Waals surface area contributed by atoms with E-state index in [-0.39, 0.29) is 0 Å². The Kier molecular flexibility index (Phi) is 3.26. The average Bonchev–Trinajstić information content (AvgIpc) is 2.76. The number of halogens is 1. The van der Waals surface area contributed by atoms with Gasteiger partial charge >= 0.3 is 0 Å². The van der Waals surface area contributed by atoms with Crippen molar-refractivity contribution in [2.45, 2.75) is 6.92 Å². The molecule has 1 aromatic carbocycles. The van der Waals surface area contributed by atoms with Gasteiger partial charge in [-0.1, -0.05) is 29.8 Å². The van der Waals surface area contributed by atoms with E-state index in [4.69, 9.17) is 0 Å². The summed E-state index contributed by atoms with van der Waals surface area (Å²) < 4.78 is 3.00. The third kappa shape index (κ3) is 2.20. The molecule has 4 heteroatoms. The Morgan fingerprint density at radius 3 is 2.40 bits per heavy atom. The molecule has 0 atom stereocenters. The zero-order chi connectivity index (χ0) is 14.3. The number of pyridine rings is 1. The Morgan fingerprint density at radius 2 is 1.75 bits per heavy atom. The lowest BCUT2D eigenvalue weighted by atomic mass is 10.1. The van der Waals surface area contributed by atoms with Crippen LogP contribution < -0.4 is 4.90 Å². The number of hydrogen-bond donors (Lipinski definition) is 0. The highest BCUT2D eigenvalue weighted by Crippen LogP contribution is 2.28. The van der Waals surface area contributed by atoms with E-state index in [9.17, 15) is 0 Å². The van der Waals surface area contributed by atoms with E-state index in [1.54, 1.807) is 0 Å². The highest BCUT2D eigenvalue weighted by atomic mass is 79.9. The van der Waals surface area contributed by atoms with Crippen LogP contribution >= 0.6 is 15.9 Å². The van der Waals surface area contributed by atoms with Crippen molar-refractivity contribution in [1.29, 1.82) is 0 Å². The fraction of sp³-hybridized carbons (Fsp3) is 0.188. The monoisotopic (exact) mass is 329 g/mol. The maximum absolute atomic E-state index is 4.65. The van der Waals surface area contributed by atoms with Gasteiger partial charge in [0.15, 0.2) is 0 Å². The number of aromatic nitrogens is 2. The SMILES string of the molecule is Cc1ccc(-c2nc(Br)c3ccc(N(C)C)cn23)cc1. The number of anilines is 1. The number of aryl methyl sites for hydroxylation is 1. The highest BCUT2D eigenvalue weighted by Gasteiger charge is 2.11. The second kappa shape index (κ2) is 4.94. The summed E-state index contributed by atoms with van der Waals surface area (Å²) in [5.41, 5.74) is 4.59. The third-order valence-electron chi connectivity index (χ3n) is 3.40. The van der Waals surface area contributed by atoms with Gasteiger partial charge in [0, 0.05) is 25.9 Å². The van der Waals surface area contributed by atoms with Crippen molar-refractivity contribution >= 4 is 27.1 Å². The lowest BCUT2D eigenvalue weighted by Crippen LogP contribution is -2.09. The molecule has 3 nitrogen and oxygen atoms in total. The molecule has 0 radical (unpaired) electrons. The Hall–Kier alpha value is -1.81. The molecule has 20 heavy (non-hydrogen) atoms. The molecule has 0 aliphatic rings. The van der Waals surface area contributed by atoms with Gasteiger partial charge in [0.05, 0.1) is 11.2 Å². The topological polar surface area (TPSA) is 20.5 Å². The standard InChI is InChI=1S/C16H16BrN3/c1-11-4-6-12(7-5-11)16-18-15(17)14-9-8-13(19(2)3)10-20(14)16/h4-10H,1-3H3. The lowest BCUT2D eigenvalue weighted by Gasteiger charge is -2.13. The molecule has 3 aromatic rings. The zero-order valence-electron chi connectivity index (χ0n) is 11.8. The van der Waals surface area contributed by atoms with Crippen LogP contribution in [0.3, 0.4) is 0 Å². The largest absolute Gasteiger partial charge is 0.376 e. The number of benzene rings is 1. The van der Waals surface area contributed by atoms with Crippen LogP contribution in [0.1, 0.15) is 5.56 Å². The Labute approximate surface area is 127 Å². The predicted molar refractivity (Wildman–Crippen MR) is 87.4 cm³/mol. The van der Waals surface area contributed by atoms with Crippen molar-refractivity contribution < 1.29 is 0 Å². The Bertz CT molecular complexity index is 757. The Morgan fingerprint density at radius 1 is 1.05 bits per heavy atom. The highest BCUT2D eigenvalue weighted by molar-refractivity contribution is 9.10. The van der Waals surface area contributed by atoms with Crippen molar-refractivity contribution in [3.8, 4) is 11.4 Å². The van der Waals surface area contributed by atoms with Crippen molar-refractivity contribution in [3.05, 3.63) is 52.8 Å². The van der Waals surface area contributed by atoms with Gasteiger partial charge in [0.25, 0.3) is 0 Å². The van der Waals surface area contributed by atoms with Crippen LogP contribution in [0.4, 0.5) is 5.69 Å². The zero-order valence-corrected chi connectivity index (χ0v) is 13.3. The van der Waals surface area contributed by atoms with Gasteiger partial charge in [-0.2, -0.15) is 0 Å². The molecule has 102 valence electrons. The molecular weight excluding hydrogens is 314 g/mol. The summed E-state index contributed by atoms with van der Waals surface area (Å²) >= 11 is 3.55. The number of hydrogen-bond acceptors (Lipinski definition) is 2. The molecule has 3 rings (SSSR count). The molecule has 0 aliphatic heterocycles. The Balaban J connectivity index is 2.24. The van der Waals surface area contributed by atoms with E-state index >= 15 is 0 Å². The quantitative estimate of drug-likeness (QED) is 0.704.